The maximum absolute atomic E-state index is 12.0. The smallest absolute Gasteiger partial charge is 0.328 e. The van der Waals surface area contributed by atoms with Crippen LogP contribution in [-0.2, 0) is 16.1 Å². The van der Waals surface area contributed by atoms with Crippen molar-refractivity contribution in [3.63, 3.8) is 0 Å². The van der Waals surface area contributed by atoms with E-state index >= 15 is 0 Å². The average molecular weight is 319 g/mol. The van der Waals surface area contributed by atoms with E-state index in [2.05, 4.69) is 21.2 Å². The highest BCUT2D eigenvalue weighted by atomic mass is 79.9. The number of carbonyl (C=O) groups excluding carboxylic acids is 1. The van der Waals surface area contributed by atoms with Crippen molar-refractivity contribution in [3.05, 3.63) is 22.4 Å². The maximum atomic E-state index is 12.0. The van der Waals surface area contributed by atoms with Gasteiger partial charge < -0.3 is 19.7 Å². The summed E-state index contributed by atoms with van der Waals surface area (Å²) in [4.78, 5) is 22.9. The summed E-state index contributed by atoms with van der Waals surface area (Å²) >= 11 is 3.28. The molecular formula is C11H15BrN2O4. The molecule has 7 heteroatoms. The third-order valence-corrected chi connectivity index (χ3v) is 2.81. The minimum atomic E-state index is -1.13. The van der Waals surface area contributed by atoms with Gasteiger partial charge in [0.1, 0.15) is 5.69 Å². The van der Waals surface area contributed by atoms with E-state index in [0.29, 0.717) is 12.2 Å². The number of nitrogens with zero attached hydrogens (tertiary/aromatic N) is 1. The Morgan fingerprint density at radius 1 is 1.61 bits per heavy atom. The topological polar surface area (TPSA) is 80.6 Å². The molecule has 0 bridgehead atoms. The van der Waals surface area contributed by atoms with Crippen molar-refractivity contribution in [2.75, 3.05) is 13.7 Å². The van der Waals surface area contributed by atoms with Crippen LogP contribution in [0.4, 0.5) is 0 Å². The van der Waals surface area contributed by atoms with E-state index in [-0.39, 0.29) is 6.61 Å². The first-order chi connectivity index (χ1) is 8.49. The molecule has 0 spiro atoms. The first-order valence-corrected chi connectivity index (χ1v) is 6.17. The lowest BCUT2D eigenvalue weighted by atomic mass is 10.3. The van der Waals surface area contributed by atoms with Gasteiger partial charge in [-0.15, -0.1) is 0 Å². The van der Waals surface area contributed by atoms with Crippen LogP contribution >= 0.6 is 15.9 Å². The van der Waals surface area contributed by atoms with E-state index in [9.17, 15) is 9.59 Å². The normalized spacial score (nSPS) is 12.2. The van der Waals surface area contributed by atoms with E-state index in [1.807, 2.05) is 6.92 Å². The molecule has 1 unspecified atom stereocenters. The highest BCUT2D eigenvalue weighted by Gasteiger charge is 2.22. The Kier molecular flexibility index (Phi) is 5.36. The fourth-order valence-corrected chi connectivity index (χ4v) is 1.96. The molecule has 2 N–H and O–H groups in total. The van der Waals surface area contributed by atoms with Gasteiger partial charge in [0.15, 0.2) is 6.04 Å². The van der Waals surface area contributed by atoms with Crippen molar-refractivity contribution >= 4 is 27.8 Å². The third-order valence-electron chi connectivity index (χ3n) is 2.37. The molecule has 1 atom stereocenters. The summed E-state index contributed by atoms with van der Waals surface area (Å²) in [6, 6.07) is 0.589. The van der Waals surface area contributed by atoms with Gasteiger partial charge in [0.25, 0.3) is 5.91 Å². The summed E-state index contributed by atoms with van der Waals surface area (Å²) in [6.07, 6.45) is 1.76. The summed E-state index contributed by atoms with van der Waals surface area (Å²) in [7, 11) is 1.38. The van der Waals surface area contributed by atoms with E-state index in [1.54, 1.807) is 16.8 Å². The molecule has 1 rings (SSSR count). The van der Waals surface area contributed by atoms with E-state index in [0.717, 1.165) is 4.47 Å². The number of aliphatic carboxylic acids is 1. The fourth-order valence-electron chi connectivity index (χ4n) is 1.50. The number of amides is 1. The Morgan fingerprint density at radius 3 is 2.78 bits per heavy atom. The molecule has 0 saturated carbocycles. The van der Waals surface area contributed by atoms with Crippen LogP contribution in [0.25, 0.3) is 0 Å². The Bertz CT molecular complexity index is 444. The molecular weight excluding hydrogens is 304 g/mol. The van der Waals surface area contributed by atoms with Gasteiger partial charge >= 0.3 is 5.97 Å². The molecule has 1 amide bonds. The number of aryl methyl sites for hydroxylation is 1. The lowest BCUT2D eigenvalue weighted by molar-refractivity contribution is -0.140. The van der Waals surface area contributed by atoms with Gasteiger partial charge in [-0.1, -0.05) is 0 Å². The van der Waals surface area contributed by atoms with Crippen LogP contribution in [0.2, 0.25) is 0 Å². The first-order valence-electron chi connectivity index (χ1n) is 5.37. The predicted octanol–water partition coefficient (Wildman–Crippen LogP) is 1.10. The monoisotopic (exact) mass is 318 g/mol. The van der Waals surface area contributed by atoms with Crippen LogP contribution < -0.4 is 5.32 Å². The van der Waals surface area contributed by atoms with Crippen molar-refractivity contribution in [1.29, 1.82) is 0 Å². The molecule has 18 heavy (non-hydrogen) atoms. The van der Waals surface area contributed by atoms with Crippen LogP contribution in [-0.4, -0.2) is 41.3 Å². The second-order valence-corrected chi connectivity index (χ2v) is 4.56. The van der Waals surface area contributed by atoms with Gasteiger partial charge in [0.2, 0.25) is 0 Å². The molecule has 0 aliphatic heterocycles. The van der Waals surface area contributed by atoms with Crippen LogP contribution in [0.15, 0.2) is 16.7 Å². The fraction of sp³-hybridized carbons (Fsp3) is 0.455. The standard InChI is InChI=1S/C11H15BrN2O4/c1-3-14-5-7(12)4-9(14)10(15)13-8(6-18-2)11(16)17/h4-5,8H,3,6H2,1-2H3,(H,13,15)(H,16,17). The maximum Gasteiger partial charge on any atom is 0.328 e. The van der Waals surface area contributed by atoms with Crippen LogP contribution in [0.5, 0.6) is 0 Å². The number of nitrogens with one attached hydrogen (secondary N) is 1. The zero-order valence-electron chi connectivity index (χ0n) is 10.1. The molecule has 1 aromatic heterocycles. The molecule has 1 heterocycles. The van der Waals surface area contributed by atoms with Crippen LogP contribution in [0, 0.1) is 0 Å². The molecule has 1 aromatic rings. The summed E-state index contributed by atoms with van der Waals surface area (Å²) in [5.41, 5.74) is 0.409. The third kappa shape index (κ3) is 3.58. The number of carboxylic acid groups (broad SMARTS) is 1. The van der Waals surface area contributed by atoms with Crippen molar-refractivity contribution in [2.24, 2.45) is 0 Å². The lowest BCUT2D eigenvalue weighted by Crippen LogP contribution is -2.44. The largest absolute Gasteiger partial charge is 0.480 e. The summed E-state index contributed by atoms with van der Waals surface area (Å²) in [6.45, 7) is 2.44. The summed E-state index contributed by atoms with van der Waals surface area (Å²) < 4.78 is 7.25. The number of carbonyl (C=O) groups is 2. The predicted molar refractivity (Wildman–Crippen MR) is 68.6 cm³/mol. The van der Waals surface area contributed by atoms with Gasteiger partial charge in [-0.05, 0) is 28.9 Å². The number of methoxy groups -OCH3 is 1. The molecule has 6 nitrogen and oxygen atoms in total. The van der Waals surface area contributed by atoms with Gasteiger partial charge in [-0.2, -0.15) is 0 Å². The number of rotatable bonds is 6. The molecule has 100 valence electrons. The molecule has 0 fully saturated rings. The molecule has 0 aliphatic carbocycles. The Balaban J connectivity index is 2.83. The van der Waals surface area contributed by atoms with Gasteiger partial charge in [0, 0.05) is 24.3 Å². The highest BCUT2D eigenvalue weighted by Crippen LogP contribution is 2.15. The van der Waals surface area contributed by atoms with Crippen molar-refractivity contribution in [1.82, 2.24) is 9.88 Å². The van der Waals surface area contributed by atoms with Crippen molar-refractivity contribution in [2.45, 2.75) is 19.5 Å². The van der Waals surface area contributed by atoms with Crippen LogP contribution in [0.1, 0.15) is 17.4 Å². The quantitative estimate of drug-likeness (QED) is 0.823. The van der Waals surface area contributed by atoms with Gasteiger partial charge in [-0.25, -0.2) is 4.79 Å². The highest BCUT2D eigenvalue weighted by molar-refractivity contribution is 9.10. The zero-order valence-corrected chi connectivity index (χ0v) is 11.7. The number of hydrogen-bond acceptors (Lipinski definition) is 3. The van der Waals surface area contributed by atoms with E-state index < -0.39 is 17.9 Å². The first kappa shape index (κ1) is 14.7. The van der Waals surface area contributed by atoms with Crippen molar-refractivity contribution < 1.29 is 19.4 Å². The van der Waals surface area contributed by atoms with Gasteiger partial charge in [0.05, 0.1) is 6.61 Å². The summed E-state index contributed by atoms with van der Waals surface area (Å²) in [5, 5.41) is 11.3. The summed E-state index contributed by atoms with van der Waals surface area (Å²) in [5.74, 6) is -1.56. The molecule has 0 radical (unpaired) electrons. The SMILES string of the molecule is CCn1cc(Br)cc1C(=O)NC(COC)C(=O)O. The van der Waals surface area contributed by atoms with E-state index in [1.165, 1.54) is 7.11 Å². The second kappa shape index (κ2) is 6.55. The number of aromatic nitrogens is 1. The minimum Gasteiger partial charge on any atom is -0.480 e. The lowest BCUT2D eigenvalue weighted by Gasteiger charge is -2.14. The Morgan fingerprint density at radius 2 is 2.28 bits per heavy atom. The van der Waals surface area contributed by atoms with E-state index in [4.69, 9.17) is 9.84 Å². The number of hydrogen-bond donors (Lipinski definition) is 2. The molecule has 0 aliphatic rings. The number of halogens is 1. The minimum absolute atomic E-state index is 0.0743. The van der Waals surface area contributed by atoms with Crippen molar-refractivity contribution in [3.8, 4) is 0 Å². The molecule has 0 saturated heterocycles. The van der Waals surface area contributed by atoms with Crippen LogP contribution in [0.3, 0.4) is 0 Å². The number of carboxylic acids is 1. The Labute approximate surface area is 113 Å². The Hall–Kier alpha value is -1.34. The second-order valence-electron chi connectivity index (χ2n) is 3.65. The van der Waals surface area contributed by atoms with Gasteiger partial charge in [-0.3, -0.25) is 4.79 Å². The number of ether oxygens (including phenoxy) is 1. The average Bonchev–Trinajstić information content (AvgIpc) is 2.69. The molecule has 0 aromatic carbocycles. The zero-order chi connectivity index (χ0) is 13.7.